The van der Waals surface area contributed by atoms with E-state index in [0.717, 1.165) is 17.1 Å². The Morgan fingerprint density at radius 3 is 2.64 bits per heavy atom. The largest absolute Gasteiger partial charge is 0.493 e. The standard InChI is InChI=1S/C22H22N4O2/c1-16-14-17(2)26(25-16)20-10-8-18(9-11-20)22(27)24-19-6-5-7-21(15-19)28-13-4-3-12-23/h5-11,14-15H,3-4,13H2,1-2H3,(H,24,27). The van der Waals surface area contributed by atoms with Gasteiger partial charge in [0, 0.05) is 29.4 Å². The second-order valence-corrected chi connectivity index (χ2v) is 6.48. The van der Waals surface area contributed by atoms with Crippen molar-refractivity contribution in [2.45, 2.75) is 26.7 Å². The van der Waals surface area contributed by atoms with Crippen molar-refractivity contribution in [3.63, 3.8) is 0 Å². The predicted octanol–water partition coefficient (Wildman–Crippen LogP) is 4.42. The van der Waals surface area contributed by atoms with Crippen LogP contribution in [0.4, 0.5) is 5.69 Å². The summed E-state index contributed by atoms with van der Waals surface area (Å²) in [4.78, 5) is 12.5. The summed E-state index contributed by atoms with van der Waals surface area (Å²) < 4.78 is 7.45. The molecule has 1 N–H and O–H groups in total. The summed E-state index contributed by atoms with van der Waals surface area (Å²) in [5, 5.41) is 15.9. The van der Waals surface area contributed by atoms with Crippen LogP contribution in [0, 0.1) is 25.2 Å². The van der Waals surface area contributed by atoms with E-state index in [-0.39, 0.29) is 5.91 Å². The van der Waals surface area contributed by atoms with Crippen LogP contribution in [0.1, 0.15) is 34.6 Å². The number of amides is 1. The summed E-state index contributed by atoms with van der Waals surface area (Å²) in [7, 11) is 0. The van der Waals surface area contributed by atoms with Gasteiger partial charge in [-0.25, -0.2) is 4.68 Å². The Balaban J connectivity index is 1.65. The lowest BCUT2D eigenvalue weighted by Crippen LogP contribution is -2.12. The van der Waals surface area contributed by atoms with Gasteiger partial charge in [0.05, 0.1) is 24.1 Å². The van der Waals surface area contributed by atoms with Crippen LogP contribution >= 0.6 is 0 Å². The third-order valence-electron chi connectivity index (χ3n) is 4.18. The van der Waals surface area contributed by atoms with E-state index >= 15 is 0 Å². The molecule has 0 unspecified atom stereocenters. The number of aromatic nitrogens is 2. The molecule has 1 heterocycles. The molecule has 6 heteroatoms. The third kappa shape index (κ3) is 4.77. The maximum Gasteiger partial charge on any atom is 0.255 e. The number of hydrogen-bond acceptors (Lipinski definition) is 4. The Morgan fingerprint density at radius 1 is 1.18 bits per heavy atom. The molecule has 0 saturated heterocycles. The van der Waals surface area contributed by atoms with E-state index in [1.165, 1.54) is 0 Å². The van der Waals surface area contributed by atoms with Crippen LogP contribution in [-0.4, -0.2) is 22.3 Å². The Hall–Kier alpha value is -3.59. The van der Waals surface area contributed by atoms with Gasteiger partial charge in [-0.15, -0.1) is 0 Å². The second-order valence-electron chi connectivity index (χ2n) is 6.48. The molecule has 0 saturated carbocycles. The number of unbranched alkanes of at least 4 members (excludes halogenated alkanes) is 1. The molecule has 0 aliphatic rings. The fourth-order valence-corrected chi connectivity index (χ4v) is 2.85. The molecule has 2 aromatic carbocycles. The first-order valence-electron chi connectivity index (χ1n) is 9.11. The number of nitrogens with zero attached hydrogens (tertiary/aromatic N) is 3. The minimum absolute atomic E-state index is 0.193. The number of nitrogens with one attached hydrogen (secondary N) is 1. The lowest BCUT2D eigenvalue weighted by atomic mass is 10.2. The molecule has 0 aliphatic carbocycles. The van der Waals surface area contributed by atoms with Crippen LogP contribution in [0.5, 0.6) is 5.75 Å². The van der Waals surface area contributed by atoms with Gasteiger partial charge in [0.2, 0.25) is 0 Å². The molecule has 0 spiro atoms. The molecule has 1 aromatic heterocycles. The summed E-state index contributed by atoms with van der Waals surface area (Å²) >= 11 is 0. The smallest absolute Gasteiger partial charge is 0.255 e. The van der Waals surface area contributed by atoms with Crippen molar-refractivity contribution in [1.82, 2.24) is 9.78 Å². The minimum Gasteiger partial charge on any atom is -0.493 e. The zero-order valence-electron chi connectivity index (χ0n) is 16.0. The number of ether oxygens (including phenoxy) is 1. The van der Waals surface area contributed by atoms with Crippen molar-refractivity contribution in [2.75, 3.05) is 11.9 Å². The Bertz CT molecular complexity index is 1000. The lowest BCUT2D eigenvalue weighted by Gasteiger charge is -2.10. The fraction of sp³-hybridized carbons (Fsp3) is 0.227. The molecule has 28 heavy (non-hydrogen) atoms. The highest BCUT2D eigenvalue weighted by Gasteiger charge is 2.09. The van der Waals surface area contributed by atoms with Crippen LogP contribution in [0.25, 0.3) is 5.69 Å². The summed E-state index contributed by atoms with van der Waals surface area (Å²) in [6.07, 6.45) is 1.14. The highest BCUT2D eigenvalue weighted by atomic mass is 16.5. The first kappa shape index (κ1) is 19.2. The molecule has 142 valence electrons. The van der Waals surface area contributed by atoms with Gasteiger partial charge < -0.3 is 10.1 Å². The number of benzene rings is 2. The van der Waals surface area contributed by atoms with Gasteiger partial charge in [-0.3, -0.25) is 4.79 Å². The SMILES string of the molecule is Cc1cc(C)n(-c2ccc(C(=O)Nc3cccc(OCCCC#N)c3)cc2)n1. The van der Waals surface area contributed by atoms with Gasteiger partial charge in [0.15, 0.2) is 0 Å². The quantitative estimate of drug-likeness (QED) is 0.621. The average molecular weight is 374 g/mol. The maximum absolute atomic E-state index is 12.5. The Labute approximate surface area is 164 Å². The van der Waals surface area contributed by atoms with Crippen molar-refractivity contribution < 1.29 is 9.53 Å². The topological polar surface area (TPSA) is 79.9 Å². The van der Waals surface area contributed by atoms with Gasteiger partial charge in [-0.1, -0.05) is 6.07 Å². The van der Waals surface area contributed by atoms with Crippen LogP contribution in [0.3, 0.4) is 0 Å². The van der Waals surface area contributed by atoms with Gasteiger partial charge in [-0.2, -0.15) is 10.4 Å². The first-order valence-corrected chi connectivity index (χ1v) is 9.11. The van der Waals surface area contributed by atoms with Crippen LogP contribution in [0.2, 0.25) is 0 Å². The number of anilines is 1. The van der Waals surface area contributed by atoms with E-state index in [4.69, 9.17) is 10.00 Å². The van der Waals surface area contributed by atoms with Crippen molar-refractivity contribution in [1.29, 1.82) is 5.26 Å². The summed E-state index contributed by atoms with van der Waals surface area (Å²) in [6.45, 7) is 4.42. The van der Waals surface area contributed by atoms with Gasteiger partial charge in [0.1, 0.15) is 5.75 Å². The molecule has 0 atom stereocenters. The molecule has 6 nitrogen and oxygen atoms in total. The minimum atomic E-state index is -0.193. The zero-order chi connectivity index (χ0) is 19.9. The lowest BCUT2D eigenvalue weighted by molar-refractivity contribution is 0.102. The van der Waals surface area contributed by atoms with Gasteiger partial charge >= 0.3 is 0 Å². The second kappa shape index (κ2) is 8.87. The summed E-state index contributed by atoms with van der Waals surface area (Å²) in [5.41, 5.74) is 4.13. The van der Waals surface area contributed by atoms with E-state index in [2.05, 4.69) is 16.5 Å². The fourth-order valence-electron chi connectivity index (χ4n) is 2.85. The Morgan fingerprint density at radius 2 is 1.96 bits per heavy atom. The normalized spacial score (nSPS) is 10.3. The van der Waals surface area contributed by atoms with E-state index in [1.54, 1.807) is 18.2 Å². The maximum atomic E-state index is 12.5. The molecule has 0 radical (unpaired) electrons. The molecule has 0 fully saturated rings. The highest BCUT2D eigenvalue weighted by molar-refractivity contribution is 6.04. The van der Waals surface area contributed by atoms with Crippen LogP contribution < -0.4 is 10.1 Å². The van der Waals surface area contributed by atoms with Gasteiger partial charge in [0.25, 0.3) is 5.91 Å². The third-order valence-corrected chi connectivity index (χ3v) is 4.18. The summed E-state index contributed by atoms with van der Waals surface area (Å²) in [5.74, 6) is 0.470. The van der Waals surface area contributed by atoms with E-state index in [1.807, 2.05) is 54.9 Å². The van der Waals surface area contributed by atoms with Crippen molar-refractivity contribution in [3.05, 3.63) is 71.5 Å². The predicted molar refractivity (Wildman–Crippen MR) is 108 cm³/mol. The molecule has 0 bridgehead atoms. The van der Waals surface area contributed by atoms with E-state index in [0.29, 0.717) is 36.4 Å². The number of hydrogen-bond donors (Lipinski definition) is 1. The van der Waals surface area contributed by atoms with Crippen molar-refractivity contribution in [3.8, 4) is 17.5 Å². The first-order chi connectivity index (χ1) is 13.6. The van der Waals surface area contributed by atoms with E-state index in [9.17, 15) is 4.79 Å². The van der Waals surface area contributed by atoms with Crippen LogP contribution in [0.15, 0.2) is 54.6 Å². The Kier molecular flexibility index (Phi) is 6.07. The average Bonchev–Trinajstić information content (AvgIpc) is 3.04. The number of carbonyl (C=O) groups is 1. The van der Waals surface area contributed by atoms with Gasteiger partial charge in [-0.05, 0) is 62.7 Å². The number of aryl methyl sites for hydroxylation is 2. The number of nitriles is 1. The molecule has 1 amide bonds. The van der Waals surface area contributed by atoms with Crippen molar-refractivity contribution in [2.24, 2.45) is 0 Å². The van der Waals surface area contributed by atoms with Crippen molar-refractivity contribution >= 4 is 11.6 Å². The monoisotopic (exact) mass is 374 g/mol. The molecule has 3 aromatic rings. The molecular formula is C22H22N4O2. The molecule has 0 aliphatic heterocycles. The number of carbonyl (C=O) groups excluding carboxylic acids is 1. The number of rotatable bonds is 7. The van der Waals surface area contributed by atoms with E-state index < -0.39 is 0 Å². The molecule has 3 rings (SSSR count). The zero-order valence-corrected chi connectivity index (χ0v) is 16.0. The highest BCUT2D eigenvalue weighted by Crippen LogP contribution is 2.19. The summed E-state index contributed by atoms with van der Waals surface area (Å²) in [6, 6.07) is 18.6. The van der Waals surface area contributed by atoms with Crippen LogP contribution in [-0.2, 0) is 0 Å². The molecular weight excluding hydrogens is 352 g/mol.